The lowest BCUT2D eigenvalue weighted by Crippen LogP contribution is -2.61. The third kappa shape index (κ3) is 28.3. The average Bonchev–Trinajstić information content (AvgIpc) is 3.33. The molecular formula is C53H98O15. The lowest BCUT2D eigenvalue weighted by Gasteiger charge is -2.42. The van der Waals surface area contributed by atoms with Gasteiger partial charge < -0.3 is 64.2 Å². The van der Waals surface area contributed by atoms with E-state index >= 15 is 0 Å². The Hall–Kier alpha value is -1.76. The van der Waals surface area contributed by atoms with E-state index < -0.39 is 92.7 Å². The van der Waals surface area contributed by atoms with Gasteiger partial charge in [0.25, 0.3) is 0 Å². The molecule has 0 bridgehead atoms. The molecule has 2 rings (SSSR count). The molecule has 0 aromatic heterocycles. The number of hydrogen-bond donors (Lipinski definition) is 7. The van der Waals surface area contributed by atoms with E-state index in [1.54, 1.807) is 0 Å². The lowest BCUT2D eigenvalue weighted by atomic mass is 9.98. The van der Waals surface area contributed by atoms with Crippen LogP contribution in [0.5, 0.6) is 0 Å². The number of aliphatic hydroxyl groups excluding tert-OH is 7. The van der Waals surface area contributed by atoms with Crippen molar-refractivity contribution in [3.63, 3.8) is 0 Å². The van der Waals surface area contributed by atoms with E-state index in [1.807, 2.05) is 0 Å². The van der Waals surface area contributed by atoms with Crippen molar-refractivity contribution in [3.05, 3.63) is 12.2 Å². The Morgan fingerprint density at radius 3 is 1.34 bits per heavy atom. The van der Waals surface area contributed by atoms with Crippen molar-refractivity contribution in [2.45, 2.75) is 287 Å². The minimum atomic E-state index is -1.76. The average molecular weight is 975 g/mol. The molecule has 2 aliphatic rings. The summed E-state index contributed by atoms with van der Waals surface area (Å²) < 4.78 is 33.6. The van der Waals surface area contributed by atoms with Crippen LogP contribution >= 0.6 is 0 Å². The number of carbonyl (C=O) groups excluding carboxylic acids is 2. The highest BCUT2D eigenvalue weighted by molar-refractivity contribution is 5.70. The molecule has 0 saturated carbocycles. The normalized spacial score (nSPS) is 25.8. The molecule has 15 heteroatoms. The largest absolute Gasteiger partial charge is 0.462 e. The van der Waals surface area contributed by atoms with Gasteiger partial charge in [0, 0.05) is 12.8 Å². The Morgan fingerprint density at radius 2 is 0.853 bits per heavy atom. The van der Waals surface area contributed by atoms with Crippen molar-refractivity contribution in [1.29, 1.82) is 0 Å². The molecule has 0 radical (unpaired) electrons. The SMILES string of the molecule is CCCC/C=C\CCCCCCCC(=O)OC(COC(=O)CCCCCCCCCCCCCCCCCCCCCCC)COC1OC(COC2OC(CO)C(O)C(O)C2O)C(O)C(O)C1O. The molecular weight excluding hydrogens is 877 g/mol. The van der Waals surface area contributed by atoms with Crippen LogP contribution in [0.3, 0.4) is 0 Å². The molecule has 0 spiro atoms. The molecule has 15 nitrogen and oxygen atoms in total. The summed E-state index contributed by atoms with van der Waals surface area (Å²) in [5, 5.41) is 72.1. The lowest BCUT2D eigenvalue weighted by molar-refractivity contribution is -0.332. The quantitative estimate of drug-likeness (QED) is 0.0174. The Labute approximate surface area is 410 Å². The van der Waals surface area contributed by atoms with Gasteiger partial charge in [-0.15, -0.1) is 0 Å². The summed E-state index contributed by atoms with van der Waals surface area (Å²) in [4.78, 5) is 25.7. The third-order valence-electron chi connectivity index (χ3n) is 13.2. The second kappa shape index (κ2) is 40.8. The first-order valence-corrected chi connectivity index (χ1v) is 27.3. The second-order valence-corrected chi connectivity index (χ2v) is 19.4. The molecule has 2 heterocycles. The second-order valence-electron chi connectivity index (χ2n) is 19.4. The van der Waals surface area contributed by atoms with Crippen LogP contribution in [0, 0.1) is 0 Å². The maximum absolute atomic E-state index is 13.0. The number of ether oxygens (including phenoxy) is 6. The smallest absolute Gasteiger partial charge is 0.306 e. The highest BCUT2D eigenvalue weighted by Gasteiger charge is 2.47. The zero-order valence-electron chi connectivity index (χ0n) is 42.4. The Balaban J connectivity index is 1.73. The van der Waals surface area contributed by atoms with Crippen LogP contribution in [0.2, 0.25) is 0 Å². The molecule has 0 aliphatic carbocycles. The number of aliphatic hydroxyl groups is 7. The maximum atomic E-state index is 13.0. The maximum Gasteiger partial charge on any atom is 0.306 e. The predicted octanol–water partition coefficient (Wildman–Crippen LogP) is 8.16. The van der Waals surface area contributed by atoms with Crippen molar-refractivity contribution in [1.82, 2.24) is 0 Å². The Kier molecular flexibility index (Phi) is 37.4. The molecule has 2 saturated heterocycles. The van der Waals surface area contributed by atoms with Crippen molar-refractivity contribution < 1.29 is 73.8 Å². The van der Waals surface area contributed by atoms with Crippen LogP contribution < -0.4 is 0 Å². The molecule has 2 aliphatic heterocycles. The molecule has 11 unspecified atom stereocenters. The minimum Gasteiger partial charge on any atom is -0.462 e. The fourth-order valence-corrected chi connectivity index (χ4v) is 8.73. The number of hydrogen-bond acceptors (Lipinski definition) is 15. The summed E-state index contributed by atoms with van der Waals surface area (Å²) in [5.41, 5.74) is 0. The number of rotatable bonds is 43. The van der Waals surface area contributed by atoms with Gasteiger partial charge in [-0.25, -0.2) is 0 Å². The van der Waals surface area contributed by atoms with Crippen LogP contribution in [0.15, 0.2) is 12.2 Å². The molecule has 11 atom stereocenters. The molecule has 0 amide bonds. The van der Waals surface area contributed by atoms with E-state index in [4.69, 9.17) is 28.4 Å². The standard InChI is InChI=1S/C53H98O15/c1-3-5-7-9-11-13-15-16-17-18-19-20-21-22-23-24-26-27-29-31-33-35-44(55)63-38-41(66-45(56)36-34-32-30-28-25-14-12-10-8-6-4-2)39-64-52-51(62)49(60)47(58)43(68-52)40-65-53-50(61)48(59)46(57)42(37-54)67-53/h10,12,41-43,46-54,57-62H,3-9,11,13-40H2,1-2H3/b12-10-. The highest BCUT2D eigenvalue weighted by Crippen LogP contribution is 2.27. The van der Waals surface area contributed by atoms with E-state index in [9.17, 15) is 45.3 Å². The van der Waals surface area contributed by atoms with Gasteiger partial charge >= 0.3 is 11.9 Å². The van der Waals surface area contributed by atoms with Gasteiger partial charge in [-0.1, -0.05) is 187 Å². The monoisotopic (exact) mass is 975 g/mol. The zero-order chi connectivity index (χ0) is 49.6. The minimum absolute atomic E-state index is 0.158. The van der Waals surface area contributed by atoms with E-state index in [0.29, 0.717) is 12.8 Å². The Bertz CT molecular complexity index is 1240. The molecule has 68 heavy (non-hydrogen) atoms. The summed E-state index contributed by atoms with van der Waals surface area (Å²) >= 11 is 0. The van der Waals surface area contributed by atoms with Gasteiger partial charge in [-0.05, 0) is 32.1 Å². The summed E-state index contributed by atoms with van der Waals surface area (Å²) in [5.74, 6) is -0.925. The molecule has 0 aromatic carbocycles. The van der Waals surface area contributed by atoms with Gasteiger partial charge in [0.15, 0.2) is 18.7 Å². The summed E-state index contributed by atoms with van der Waals surface area (Å²) in [6.07, 6.45) is 24.0. The van der Waals surface area contributed by atoms with Crippen LogP contribution in [0.1, 0.15) is 219 Å². The first-order valence-electron chi connectivity index (χ1n) is 27.3. The topological polar surface area (TPSA) is 231 Å². The van der Waals surface area contributed by atoms with Gasteiger partial charge in [0.1, 0.15) is 55.4 Å². The van der Waals surface area contributed by atoms with Crippen LogP contribution in [0.25, 0.3) is 0 Å². The fraction of sp³-hybridized carbons (Fsp3) is 0.925. The zero-order valence-corrected chi connectivity index (χ0v) is 42.4. The van der Waals surface area contributed by atoms with Crippen molar-refractivity contribution >= 4 is 11.9 Å². The summed E-state index contributed by atoms with van der Waals surface area (Å²) in [6, 6.07) is 0. The third-order valence-corrected chi connectivity index (χ3v) is 13.2. The van der Waals surface area contributed by atoms with Crippen molar-refractivity contribution in [2.75, 3.05) is 26.4 Å². The number of carbonyl (C=O) groups is 2. The van der Waals surface area contributed by atoms with Gasteiger partial charge in [0.2, 0.25) is 0 Å². The van der Waals surface area contributed by atoms with Crippen LogP contribution in [0.4, 0.5) is 0 Å². The van der Waals surface area contributed by atoms with E-state index in [-0.39, 0.29) is 26.1 Å². The van der Waals surface area contributed by atoms with Crippen molar-refractivity contribution in [3.8, 4) is 0 Å². The van der Waals surface area contributed by atoms with E-state index in [1.165, 1.54) is 122 Å². The number of unbranched alkanes of at least 4 members (excludes halogenated alkanes) is 27. The molecule has 2 fully saturated rings. The summed E-state index contributed by atoms with van der Waals surface area (Å²) in [6.45, 7) is 2.57. The number of allylic oxidation sites excluding steroid dienone is 2. The number of esters is 2. The molecule has 0 aromatic rings. The molecule has 400 valence electrons. The van der Waals surface area contributed by atoms with Gasteiger partial charge in [0.05, 0.1) is 19.8 Å². The van der Waals surface area contributed by atoms with Gasteiger partial charge in [-0.2, -0.15) is 0 Å². The molecule has 7 N–H and O–H groups in total. The first-order chi connectivity index (χ1) is 33.0. The fourth-order valence-electron chi connectivity index (χ4n) is 8.73. The van der Waals surface area contributed by atoms with Crippen molar-refractivity contribution in [2.24, 2.45) is 0 Å². The van der Waals surface area contributed by atoms with E-state index in [0.717, 1.165) is 57.8 Å². The van der Waals surface area contributed by atoms with Crippen LogP contribution in [-0.2, 0) is 38.0 Å². The Morgan fingerprint density at radius 1 is 0.456 bits per heavy atom. The highest BCUT2D eigenvalue weighted by atomic mass is 16.7. The van der Waals surface area contributed by atoms with E-state index in [2.05, 4.69) is 26.0 Å². The van der Waals surface area contributed by atoms with Gasteiger partial charge in [-0.3, -0.25) is 9.59 Å². The predicted molar refractivity (Wildman–Crippen MR) is 261 cm³/mol. The summed E-state index contributed by atoms with van der Waals surface area (Å²) in [7, 11) is 0. The van der Waals surface area contributed by atoms with Crippen LogP contribution in [-0.4, -0.2) is 142 Å². The first kappa shape index (κ1) is 62.4.